The molecule has 1 aromatic carbocycles. The molecule has 0 saturated heterocycles. The number of nitrogens with one attached hydrogen (secondary N) is 2. The molecule has 2 N–H and O–H groups in total. The molecule has 11 heteroatoms. The van der Waals surface area contributed by atoms with Crippen LogP contribution in [0.3, 0.4) is 0 Å². The van der Waals surface area contributed by atoms with Gasteiger partial charge in [0.25, 0.3) is 0 Å². The number of rotatable bonds is 4. The maximum atomic E-state index is 13.1. The molecule has 4 aromatic rings. The van der Waals surface area contributed by atoms with E-state index in [4.69, 9.17) is 11.6 Å². The Balaban J connectivity index is 1.40. The van der Waals surface area contributed by atoms with Crippen LogP contribution in [0, 0.1) is 0 Å². The lowest BCUT2D eigenvalue weighted by atomic mass is 10.0. The number of benzene rings is 1. The first-order valence-corrected chi connectivity index (χ1v) is 12.7. The summed E-state index contributed by atoms with van der Waals surface area (Å²) < 4.78 is 1.51. The van der Waals surface area contributed by atoms with Crippen molar-refractivity contribution in [3.8, 4) is 16.8 Å². The Morgan fingerprint density at radius 2 is 2.05 bits per heavy atom. The second-order valence-electron chi connectivity index (χ2n) is 8.89. The Bertz CT molecular complexity index is 1470. The molecule has 0 spiro atoms. The van der Waals surface area contributed by atoms with E-state index in [2.05, 4.69) is 36.1 Å². The maximum absolute atomic E-state index is 13.1. The van der Waals surface area contributed by atoms with E-state index in [-0.39, 0.29) is 17.9 Å². The van der Waals surface area contributed by atoms with E-state index in [1.807, 2.05) is 18.2 Å². The van der Waals surface area contributed by atoms with Crippen molar-refractivity contribution in [2.75, 3.05) is 5.32 Å². The van der Waals surface area contributed by atoms with Crippen molar-refractivity contribution >= 4 is 35.2 Å². The summed E-state index contributed by atoms with van der Waals surface area (Å²) in [5, 5.41) is 17.9. The van der Waals surface area contributed by atoms with Gasteiger partial charge in [0.05, 0.1) is 29.3 Å². The number of hydrogen-bond acceptors (Lipinski definition) is 7. The molecule has 0 fully saturated rings. The van der Waals surface area contributed by atoms with Crippen molar-refractivity contribution in [2.24, 2.45) is 0 Å². The summed E-state index contributed by atoms with van der Waals surface area (Å²) in [5.41, 5.74) is 4.50. The summed E-state index contributed by atoms with van der Waals surface area (Å²) >= 11 is 6.20. The van der Waals surface area contributed by atoms with E-state index in [0.717, 1.165) is 36.1 Å². The molecule has 2 amide bonds. The van der Waals surface area contributed by atoms with Gasteiger partial charge in [-0.2, -0.15) is 4.68 Å². The monoisotopic (exact) mass is 528 g/mol. The second kappa shape index (κ2) is 11.7. The zero-order valence-electron chi connectivity index (χ0n) is 20.4. The molecule has 1 aliphatic rings. The smallest absolute Gasteiger partial charge is 0.244 e. The van der Waals surface area contributed by atoms with Crippen LogP contribution in [0.2, 0.25) is 5.02 Å². The molecule has 4 heterocycles. The minimum atomic E-state index is -0.305. The second-order valence-corrected chi connectivity index (χ2v) is 9.33. The standard InChI is InChI=1S/C27H25ClN8O2/c28-20-7-8-25(36-17-31-34-35-36)19(14-20)6-9-27(38)32-22-4-2-1-3-5-26(37)33-24-16-29-12-11-21(24)18-10-13-30-23(22)15-18/h6-17,22H,1-5H2,(H,32,38)(H,33,37)/b9-6+/t22-/m0/s1. The Morgan fingerprint density at radius 1 is 1.13 bits per heavy atom. The lowest BCUT2D eigenvalue weighted by Crippen LogP contribution is -2.27. The Hall–Kier alpha value is -4.44. The van der Waals surface area contributed by atoms with Crippen molar-refractivity contribution in [1.29, 1.82) is 0 Å². The van der Waals surface area contributed by atoms with Crippen LogP contribution >= 0.6 is 11.6 Å². The molecule has 0 aliphatic carbocycles. The fourth-order valence-corrected chi connectivity index (χ4v) is 4.57. The maximum Gasteiger partial charge on any atom is 0.244 e. The number of aromatic nitrogens is 6. The van der Waals surface area contributed by atoms with Crippen molar-refractivity contribution in [1.82, 2.24) is 35.5 Å². The Labute approximate surface area is 224 Å². The number of carbonyl (C=O) groups is 2. The molecule has 2 bridgehead atoms. The minimum absolute atomic E-state index is 0.0372. The first kappa shape index (κ1) is 25.2. The highest BCUT2D eigenvalue weighted by Crippen LogP contribution is 2.30. The molecule has 5 rings (SSSR count). The lowest BCUT2D eigenvalue weighted by Gasteiger charge is -2.18. The first-order chi connectivity index (χ1) is 18.6. The quantitative estimate of drug-likeness (QED) is 0.372. The van der Waals surface area contributed by atoms with Crippen LogP contribution in [-0.4, -0.2) is 42.0 Å². The summed E-state index contributed by atoms with van der Waals surface area (Å²) in [4.78, 5) is 34.3. The number of nitrogens with zero attached hydrogens (tertiary/aromatic N) is 6. The summed E-state index contributed by atoms with van der Waals surface area (Å²) in [6, 6.07) is 10.6. The topological polar surface area (TPSA) is 128 Å². The summed E-state index contributed by atoms with van der Waals surface area (Å²) in [7, 11) is 0. The van der Waals surface area contributed by atoms with Gasteiger partial charge in [-0.3, -0.25) is 19.6 Å². The molecule has 0 radical (unpaired) electrons. The highest BCUT2D eigenvalue weighted by Gasteiger charge is 2.18. The average Bonchev–Trinajstić information content (AvgIpc) is 3.46. The van der Waals surface area contributed by atoms with Crippen LogP contribution in [0.1, 0.15) is 49.4 Å². The van der Waals surface area contributed by atoms with E-state index in [9.17, 15) is 9.59 Å². The van der Waals surface area contributed by atoms with Gasteiger partial charge >= 0.3 is 0 Å². The average molecular weight is 529 g/mol. The Morgan fingerprint density at radius 3 is 2.92 bits per heavy atom. The predicted octanol–water partition coefficient (Wildman–Crippen LogP) is 4.55. The van der Waals surface area contributed by atoms with Crippen LogP contribution < -0.4 is 10.6 Å². The minimum Gasteiger partial charge on any atom is -0.344 e. The van der Waals surface area contributed by atoms with Crippen molar-refractivity contribution in [3.05, 3.63) is 83.7 Å². The number of amides is 2. The highest BCUT2D eigenvalue weighted by atomic mass is 35.5. The van der Waals surface area contributed by atoms with E-state index in [1.165, 1.54) is 17.1 Å². The van der Waals surface area contributed by atoms with Gasteiger partial charge in [-0.05, 0) is 71.3 Å². The molecule has 1 aliphatic heterocycles. The third-order valence-electron chi connectivity index (χ3n) is 6.26. The summed E-state index contributed by atoms with van der Waals surface area (Å²) in [6.07, 6.45) is 13.2. The van der Waals surface area contributed by atoms with Gasteiger partial charge in [0, 0.05) is 41.0 Å². The fourth-order valence-electron chi connectivity index (χ4n) is 4.39. The summed E-state index contributed by atoms with van der Waals surface area (Å²) in [6.45, 7) is 0. The highest BCUT2D eigenvalue weighted by molar-refractivity contribution is 6.30. The largest absolute Gasteiger partial charge is 0.344 e. The molecule has 1 atom stereocenters. The molecule has 3 aromatic heterocycles. The fraction of sp³-hybridized carbons (Fsp3) is 0.222. The van der Waals surface area contributed by atoms with Crippen molar-refractivity contribution in [3.63, 3.8) is 0 Å². The number of fused-ring (bicyclic) bond motifs is 4. The summed E-state index contributed by atoms with van der Waals surface area (Å²) in [5.74, 6) is -0.305. The van der Waals surface area contributed by atoms with Gasteiger partial charge < -0.3 is 10.6 Å². The first-order valence-electron chi connectivity index (χ1n) is 12.3. The number of hydrogen-bond donors (Lipinski definition) is 2. The van der Waals surface area contributed by atoms with Crippen LogP contribution in [0.4, 0.5) is 5.69 Å². The molecular formula is C27H25ClN8O2. The predicted molar refractivity (Wildman–Crippen MR) is 143 cm³/mol. The van der Waals surface area contributed by atoms with Gasteiger partial charge in [0.2, 0.25) is 11.8 Å². The third kappa shape index (κ3) is 6.09. The lowest BCUT2D eigenvalue weighted by molar-refractivity contribution is -0.117. The van der Waals surface area contributed by atoms with E-state index in [0.29, 0.717) is 34.8 Å². The molecule has 10 nitrogen and oxygen atoms in total. The van der Waals surface area contributed by atoms with E-state index < -0.39 is 0 Å². The van der Waals surface area contributed by atoms with Gasteiger partial charge in [-0.25, -0.2) is 0 Å². The van der Waals surface area contributed by atoms with E-state index in [1.54, 1.807) is 42.9 Å². The SMILES string of the molecule is O=C(/C=C/c1cc(Cl)ccc1-n1cnnn1)N[C@H]1CCCCCC(=O)Nc2cnccc2-c2ccnc1c2. The number of pyridine rings is 2. The van der Waals surface area contributed by atoms with Gasteiger partial charge in [0.15, 0.2) is 0 Å². The molecule has 0 unspecified atom stereocenters. The molecule has 0 saturated carbocycles. The molecular weight excluding hydrogens is 504 g/mol. The number of tetrazole rings is 1. The van der Waals surface area contributed by atoms with Gasteiger partial charge in [-0.15, -0.1) is 5.10 Å². The van der Waals surface area contributed by atoms with Gasteiger partial charge in [0.1, 0.15) is 6.33 Å². The number of carbonyl (C=O) groups excluding carboxylic acids is 2. The number of anilines is 1. The van der Waals surface area contributed by atoms with Crippen LogP contribution in [-0.2, 0) is 9.59 Å². The molecule has 38 heavy (non-hydrogen) atoms. The van der Waals surface area contributed by atoms with Crippen molar-refractivity contribution < 1.29 is 9.59 Å². The van der Waals surface area contributed by atoms with Crippen LogP contribution in [0.15, 0.2) is 67.4 Å². The Kier molecular flexibility index (Phi) is 7.79. The van der Waals surface area contributed by atoms with Crippen LogP contribution in [0.5, 0.6) is 0 Å². The zero-order valence-corrected chi connectivity index (χ0v) is 21.2. The van der Waals surface area contributed by atoms with Crippen LogP contribution in [0.25, 0.3) is 22.9 Å². The molecule has 192 valence electrons. The zero-order chi connectivity index (χ0) is 26.3. The van der Waals surface area contributed by atoms with Crippen molar-refractivity contribution in [2.45, 2.75) is 38.1 Å². The van der Waals surface area contributed by atoms with Gasteiger partial charge in [-0.1, -0.05) is 24.4 Å². The third-order valence-corrected chi connectivity index (χ3v) is 6.49. The number of halogens is 1. The van der Waals surface area contributed by atoms with E-state index >= 15 is 0 Å². The normalized spacial score (nSPS) is 16.0.